The number of unbranched alkanes of at least 4 members (excludes halogenated alkanes) is 3. The van der Waals surface area contributed by atoms with Gasteiger partial charge in [0.1, 0.15) is 17.1 Å². The maximum atomic E-state index is 12.0. The summed E-state index contributed by atoms with van der Waals surface area (Å²) in [6.07, 6.45) is 6.92. The summed E-state index contributed by atoms with van der Waals surface area (Å²) in [5, 5.41) is 0. The molecule has 0 radical (unpaired) electrons. The van der Waals surface area contributed by atoms with Gasteiger partial charge in [0.25, 0.3) is 0 Å². The fourth-order valence-corrected chi connectivity index (χ4v) is 3.33. The second-order valence-corrected chi connectivity index (χ2v) is 6.79. The normalized spacial score (nSPS) is 10.6. The van der Waals surface area contributed by atoms with E-state index in [1.807, 2.05) is 26.0 Å². The van der Waals surface area contributed by atoms with Crippen molar-refractivity contribution in [1.82, 2.24) is 0 Å². The first-order valence-electron chi connectivity index (χ1n) is 10.1. The topological polar surface area (TPSA) is 35.5 Å². The lowest BCUT2D eigenvalue weighted by Gasteiger charge is -2.15. The molecule has 0 saturated heterocycles. The Morgan fingerprint density at radius 2 is 1.30 bits per heavy atom. The monoisotopic (exact) mass is 368 g/mol. The molecule has 0 aliphatic heterocycles. The smallest absolute Gasteiger partial charge is 0.167 e. The fourth-order valence-electron chi connectivity index (χ4n) is 3.33. The third kappa shape index (κ3) is 6.74. The number of Topliss-reactive ketones (excluding diaryl/α,β-unsaturated/α-hetero) is 1. The lowest BCUT2D eigenvalue weighted by Crippen LogP contribution is -2.06. The number of carbonyl (C=O) groups is 1. The Balaban J connectivity index is 1.90. The number of hydrogen-bond acceptors (Lipinski definition) is 3. The fraction of sp³-hybridized carbons (Fsp3) is 0.458. The molecular weight excluding hydrogens is 336 g/mol. The predicted molar refractivity (Wildman–Crippen MR) is 111 cm³/mol. The minimum Gasteiger partial charge on any atom is -0.493 e. The second-order valence-electron chi connectivity index (χ2n) is 6.79. The van der Waals surface area contributed by atoms with Gasteiger partial charge >= 0.3 is 0 Å². The van der Waals surface area contributed by atoms with Crippen molar-refractivity contribution in [3.8, 4) is 11.5 Å². The molecule has 0 unspecified atom stereocenters. The quantitative estimate of drug-likeness (QED) is 0.339. The Kier molecular flexibility index (Phi) is 8.90. The van der Waals surface area contributed by atoms with Crippen molar-refractivity contribution in [3.05, 3.63) is 59.2 Å². The van der Waals surface area contributed by atoms with Crippen molar-refractivity contribution in [2.45, 2.75) is 59.3 Å². The molecule has 0 amide bonds. The maximum Gasteiger partial charge on any atom is 0.167 e. The van der Waals surface area contributed by atoms with Gasteiger partial charge in [0.15, 0.2) is 5.78 Å². The van der Waals surface area contributed by atoms with Gasteiger partial charge in [-0.05, 0) is 69.7 Å². The molecule has 0 heterocycles. The van der Waals surface area contributed by atoms with E-state index in [1.165, 1.54) is 30.4 Å². The van der Waals surface area contributed by atoms with Crippen LogP contribution in [0.3, 0.4) is 0 Å². The van der Waals surface area contributed by atoms with Crippen molar-refractivity contribution in [2.75, 3.05) is 13.2 Å². The molecule has 0 aromatic heterocycles. The van der Waals surface area contributed by atoms with Crippen LogP contribution in [0.15, 0.2) is 42.5 Å². The highest BCUT2D eigenvalue weighted by Crippen LogP contribution is 2.32. The average Bonchev–Trinajstić information content (AvgIpc) is 2.65. The van der Waals surface area contributed by atoms with Crippen LogP contribution >= 0.6 is 0 Å². The summed E-state index contributed by atoms with van der Waals surface area (Å²) in [4.78, 5) is 12.0. The number of ether oxygens (including phenoxy) is 2. The molecule has 2 aromatic carbocycles. The van der Waals surface area contributed by atoms with Crippen LogP contribution < -0.4 is 9.47 Å². The van der Waals surface area contributed by atoms with Crippen LogP contribution in [-0.4, -0.2) is 19.0 Å². The Morgan fingerprint density at radius 3 is 1.78 bits per heavy atom. The van der Waals surface area contributed by atoms with Gasteiger partial charge in [-0.15, -0.1) is 0 Å². The van der Waals surface area contributed by atoms with Gasteiger partial charge in [0.2, 0.25) is 0 Å². The van der Waals surface area contributed by atoms with Crippen molar-refractivity contribution in [3.63, 3.8) is 0 Å². The molecule has 146 valence electrons. The summed E-state index contributed by atoms with van der Waals surface area (Å²) in [7, 11) is 0. The molecule has 0 fully saturated rings. The summed E-state index contributed by atoms with van der Waals surface area (Å²) < 4.78 is 11.4. The molecule has 0 N–H and O–H groups in total. The predicted octanol–water partition coefficient (Wildman–Crippen LogP) is 6.03. The van der Waals surface area contributed by atoms with E-state index in [2.05, 4.69) is 30.3 Å². The molecule has 0 aliphatic rings. The summed E-state index contributed by atoms with van der Waals surface area (Å²) in [6.45, 7) is 6.50. The summed E-state index contributed by atoms with van der Waals surface area (Å²) >= 11 is 0. The van der Waals surface area contributed by atoms with Gasteiger partial charge < -0.3 is 9.47 Å². The Hall–Kier alpha value is -2.29. The van der Waals surface area contributed by atoms with Gasteiger partial charge in [-0.25, -0.2) is 0 Å². The number of aryl methyl sites for hydroxylation is 2. The van der Waals surface area contributed by atoms with Crippen LogP contribution in [0, 0.1) is 0 Å². The number of hydrogen-bond donors (Lipinski definition) is 0. The Bertz CT molecular complexity index is 680. The van der Waals surface area contributed by atoms with E-state index in [-0.39, 0.29) is 5.78 Å². The number of carbonyl (C=O) groups excluding carboxylic acids is 1. The maximum absolute atomic E-state index is 12.0. The molecular formula is C24H32O3. The van der Waals surface area contributed by atoms with Crippen molar-refractivity contribution in [2.24, 2.45) is 0 Å². The van der Waals surface area contributed by atoms with E-state index in [9.17, 15) is 4.79 Å². The second kappa shape index (κ2) is 11.4. The van der Waals surface area contributed by atoms with Crippen molar-refractivity contribution < 1.29 is 14.3 Å². The molecule has 2 aromatic rings. The lowest BCUT2D eigenvalue weighted by atomic mass is 10.00. The lowest BCUT2D eigenvalue weighted by molar-refractivity contribution is 0.101. The van der Waals surface area contributed by atoms with E-state index in [4.69, 9.17) is 9.47 Å². The zero-order chi connectivity index (χ0) is 19.5. The Labute approximate surface area is 163 Å². The molecule has 27 heavy (non-hydrogen) atoms. The van der Waals surface area contributed by atoms with E-state index >= 15 is 0 Å². The molecule has 0 atom stereocenters. The van der Waals surface area contributed by atoms with Gasteiger partial charge in [-0.2, -0.15) is 0 Å². The highest BCUT2D eigenvalue weighted by atomic mass is 16.5. The van der Waals surface area contributed by atoms with Gasteiger partial charge in [0.05, 0.1) is 13.2 Å². The summed E-state index contributed by atoms with van der Waals surface area (Å²) in [5.41, 5.74) is 3.15. The molecule has 0 spiro atoms. The minimum atomic E-state index is -0.0191. The molecule has 0 saturated carbocycles. The highest BCUT2D eigenvalue weighted by Gasteiger charge is 2.17. The average molecular weight is 369 g/mol. The first-order chi connectivity index (χ1) is 13.2. The third-order valence-electron chi connectivity index (χ3n) is 4.60. The molecule has 0 bridgehead atoms. The molecule has 3 heteroatoms. The van der Waals surface area contributed by atoms with E-state index in [0.29, 0.717) is 30.3 Å². The van der Waals surface area contributed by atoms with Crippen LogP contribution in [0.5, 0.6) is 11.5 Å². The minimum absolute atomic E-state index is 0.0191. The highest BCUT2D eigenvalue weighted by molar-refractivity contribution is 5.99. The number of rotatable bonds is 12. The molecule has 2 rings (SSSR count). The van der Waals surface area contributed by atoms with Crippen LogP contribution in [0.25, 0.3) is 0 Å². The Morgan fingerprint density at radius 1 is 0.778 bits per heavy atom. The van der Waals surface area contributed by atoms with E-state index < -0.39 is 0 Å². The molecule has 0 aliphatic carbocycles. The zero-order valence-electron chi connectivity index (χ0n) is 16.9. The largest absolute Gasteiger partial charge is 0.493 e. The van der Waals surface area contributed by atoms with Crippen molar-refractivity contribution >= 4 is 5.78 Å². The van der Waals surface area contributed by atoms with Gasteiger partial charge in [-0.3, -0.25) is 4.79 Å². The third-order valence-corrected chi connectivity index (χ3v) is 4.60. The summed E-state index contributed by atoms with van der Waals surface area (Å²) in [5.74, 6) is 1.28. The van der Waals surface area contributed by atoms with Crippen LogP contribution in [0.4, 0.5) is 0 Å². The first kappa shape index (κ1) is 21.0. The van der Waals surface area contributed by atoms with Crippen LogP contribution in [0.2, 0.25) is 0 Å². The number of ketones is 1. The summed E-state index contributed by atoms with van der Waals surface area (Å²) in [6, 6.07) is 14.7. The van der Waals surface area contributed by atoms with Gasteiger partial charge in [0, 0.05) is 0 Å². The standard InChI is InChI=1S/C24H32O3/c1-4-26-22-17-21(18-23(27-5-2)24(22)19(3)25)16-10-7-6-9-13-20-14-11-8-12-15-20/h8,11-12,14-15,17-18H,4-7,9-10,13,16H2,1-3H3. The SMILES string of the molecule is CCOc1cc(CCCCCCc2ccccc2)cc(OCC)c1C(C)=O. The van der Waals surface area contributed by atoms with Crippen molar-refractivity contribution in [1.29, 1.82) is 0 Å². The van der Waals surface area contributed by atoms with Crippen LogP contribution in [-0.2, 0) is 12.8 Å². The van der Waals surface area contributed by atoms with E-state index in [0.717, 1.165) is 19.3 Å². The molecule has 3 nitrogen and oxygen atoms in total. The van der Waals surface area contributed by atoms with E-state index in [1.54, 1.807) is 6.92 Å². The van der Waals surface area contributed by atoms with Gasteiger partial charge in [-0.1, -0.05) is 43.2 Å². The van der Waals surface area contributed by atoms with Crippen LogP contribution in [0.1, 0.15) is 67.9 Å². The first-order valence-corrected chi connectivity index (χ1v) is 10.1. The number of benzene rings is 2. The zero-order valence-corrected chi connectivity index (χ0v) is 16.9.